The molecule has 0 aromatic carbocycles. The molecule has 0 radical (unpaired) electrons. The predicted octanol–water partition coefficient (Wildman–Crippen LogP) is -0.587. The molecule has 1 aliphatic carbocycles. The summed E-state index contributed by atoms with van der Waals surface area (Å²) < 4.78 is 30.1. The van der Waals surface area contributed by atoms with Gasteiger partial charge in [-0.05, 0) is 19.3 Å². The molecule has 3 rings (SSSR count). The third kappa shape index (κ3) is 2.04. The summed E-state index contributed by atoms with van der Waals surface area (Å²) in [6.45, 7) is 2.23. The molecule has 0 atom stereocenters. The molecule has 2 heterocycles. The standard InChI is InChI=1S/C11H18N2O4S/c14-10(8-12-4-1-7-18(12,15)16)13-5-6-17-9-11(13)2-3-11/h1-9H2. The Labute approximate surface area is 107 Å². The Morgan fingerprint density at radius 3 is 2.67 bits per heavy atom. The molecule has 1 spiro atoms. The fraction of sp³-hybridized carbons (Fsp3) is 0.909. The van der Waals surface area contributed by atoms with Gasteiger partial charge in [0.05, 0.1) is 31.1 Å². The lowest BCUT2D eigenvalue weighted by Gasteiger charge is -2.36. The summed E-state index contributed by atoms with van der Waals surface area (Å²) >= 11 is 0. The van der Waals surface area contributed by atoms with E-state index in [1.54, 1.807) is 0 Å². The largest absolute Gasteiger partial charge is 0.377 e. The van der Waals surface area contributed by atoms with Gasteiger partial charge in [-0.15, -0.1) is 0 Å². The van der Waals surface area contributed by atoms with Crippen LogP contribution in [-0.4, -0.2) is 67.7 Å². The molecule has 2 aliphatic heterocycles. The lowest BCUT2D eigenvalue weighted by atomic mass is 10.2. The highest BCUT2D eigenvalue weighted by Gasteiger charge is 2.52. The van der Waals surface area contributed by atoms with E-state index in [-0.39, 0.29) is 23.7 Å². The maximum Gasteiger partial charge on any atom is 0.238 e. The van der Waals surface area contributed by atoms with Gasteiger partial charge in [0.2, 0.25) is 15.9 Å². The van der Waals surface area contributed by atoms with Crippen LogP contribution in [0.15, 0.2) is 0 Å². The van der Waals surface area contributed by atoms with Crippen LogP contribution >= 0.6 is 0 Å². The molecule has 18 heavy (non-hydrogen) atoms. The maximum atomic E-state index is 12.3. The van der Waals surface area contributed by atoms with Gasteiger partial charge in [-0.3, -0.25) is 4.79 Å². The van der Waals surface area contributed by atoms with Gasteiger partial charge in [-0.25, -0.2) is 8.42 Å². The van der Waals surface area contributed by atoms with Crippen LogP contribution in [-0.2, 0) is 19.6 Å². The van der Waals surface area contributed by atoms with Crippen molar-refractivity contribution >= 4 is 15.9 Å². The number of ether oxygens (including phenoxy) is 1. The van der Waals surface area contributed by atoms with Crippen molar-refractivity contribution in [1.29, 1.82) is 0 Å². The van der Waals surface area contributed by atoms with Crippen LogP contribution < -0.4 is 0 Å². The first-order valence-electron chi connectivity index (χ1n) is 6.40. The highest BCUT2D eigenvalue weighted by Crippen LogP contribution is 2.43. The average molecular weight is 274 g/mol. The first-order valence-corrected chi connectivity index (χ1v) is 8.01. The highest BCUT2D eigenvalue weighted by atomic mass is 32.2. The molecule has 1 amide bonds. The van der Waals surface area contributed by atoms with Crippen LogP contribution in [0.1, 0.15) is 19.3 Å². The Hall–Kier alpha value is -0.660. The number of hydrogen-bond acceptors (Lipinski definition) is 4. The number of sulfonamides is 1. The minimum atomic E-state index is -3.18. The van der Waals surface area contributed by atoms with E-state index in [0.717, 1.165) is 12.8 Å². The summed E-state index contributed by atoms with van der Waals surface area (Å²) in [5, 5.41) is 0. The van der Waals surface area contributed by atoms with E-state index in [1.807, 2.05) is 4.90 Å². The fourth-order valence-electron chi connectivity index (χ4n) is 2.79. The monoisotopic (exact) mass is 274 g/mol. The minimum Gasteiger partial charge on any atom is -0.377 e. The number of rotatable bonds is 2. The van der Waals surface area contributed by atoms with Gasteiger partial charge in [0, 0.05) is 13.1 Å². The van der Waals surface area contributed by atoms with Crippen molar-refractivity contribution < 1.29 is 17.9 Å². The Kier molecular flexibility index (Phi) is 2.87. The SMILES string of the molecule is O=C(CN1CCCS1(=O)=O)N1CCOCC12CC2. The van der Waals surface area contributed by atoms with E-state index >= 15 is 0 Å². The molecule has 0 N–H and O–H groups in total. The topological polar surface area (TPSA) is 66.9 Å². The lowest BCUT2D eigenvalue weighted by Crippen LogP contribution is -2.53. The minimum absolute atomic E-state index is 0.00405. The summed E-state index contributed by atoms with van der Waals surface area (Å²) in [5.74, 6) is 0.107. The smallest absolute Gasteiger partial charge is 0.238 e. The van der Waals surface area contributed by atoms with Crippen molar-refractivity contribution in [2.75, 3.05) is 38.6 Å². The summed E-state index contributed by atoms with van der Waals surface area (Å²) in [4.78, 5) is 14.1. The number of nitrogens with zero attached hydrogens (tertiary/aromatic N) is 2. The summed E-state index contributed by atoms with van der Waals surface area (Å²) in [7, 11) is -3.18. The van der Waals surface area contributed by atoms with Gasteiger partial charge in [-0.2, -0.15) is 4.31 Å². The Morgan fingerprint density at radius 2 is 2.06 bits per heavy atom. The van der Waals surface area contributed by atoms with Crippen LogP contribution in [0.3, 0.4) is 0 Å². The summed E-state index contributed by atoms with van der Waals surface area (Å²) in [6, 6.07) is 0. The molecular formula is C11H18N2O4S. The zero-order valence-electron chi connectivity index (χ0n) is 10.3. The number of carbonyl (C=O) groups is 1. The lowest BCUT2D eigenvalue weighted by molar-refractivity contribution is -0.141. The molecule has 6 nitrogen and oxygen atoms in total. The van der Waals surface area contributed by atoms with Crippen molar-refractivity contribution in [3.05, 3.63) is 0 Å². The zero-order chi connectivity index (χ0) is 12.8. The molecule has 0 aromatic rings. The van der Waals surface area contributed by atoms with Crippen molar-refractivity contribution in [2.24, 2.45) is 0 Å². The second kappa shape index (κ2) is 4.18. The first kappa shape index (κ1) is 12.4. The van der Waals surface area contributed by atoms with Crippen LogP contribution in [0, 0.1) is 0 Å². The van der Waals surface area contributed by atoms with Crippen molar-refractivity contribution in [3.8, 4) is 0 Å². The van der Waals surface area contributed by atoms with Gasteiger partial charge in [-0.1, -0.05) is 0 Å². The van der Waals surface area contributed by atoms with Crippen LogP contribution in [0.4, 0.5) is 0 Å². The van der Waals surface area contributed by atoms with Gasteiger partial charge < -0.3 is 9.64 Å². The predicted molar refractivity (Wildman–Crippen MR) is 64.5 cm³/mol. The highest BCUT2D eigenvalue weighted by molar-refractivity contribution is 7.89. The first-order chi connectivity index (χ1) is 8.54. The molecule has 3 aliphatic rings. The summed E-state index contributed by atoms with van der Waals surface area (Å²) in [6.07, 6.45) is 2.58. The quantitative estimate of drug-likeness (QED) is 0.675. The van der Waals surface area contributed by atoms with Gasteiger partial charge in [0.25, 0.3) is 0 Å². The van der Waals surface area contributed by atoms with E-state index in [9.17, 15) is 13.2 Å². The molecule has 1 saturated carbocycles. The van der Waals surface area contributed by atoms with Crippen LogP contribution in [0.2, 0.25) is 0 Å². The summed E-state index contributed by atoms with van der Waals surface area (Å²) in [5.41, 5.74) is -0.112. The maximum absolute atomic E-state index is 12.3. The average Bonchev–Trinajstić information content (AvgIpc) is 3.00. The second-order valence-electron chi connectivity index (χ2n) is 5.33. The molecule has 0 unspecified atom stereocenters. The third-order valence-corrected chi connectivity index (χ3v) is 5.95. The van der Waals surface area contributed by atoms with Gasteiger partial charge >= 0.3 is 0 Å². The third-order valence-electron chi connectivity index (χ3n) is 4.05. The molecular weight excluding hydrogens is 256 g/mol. The Morgan fingerprint density at radius 1 is 1.28 bits per heavy atom. The van der Waals surface area contributed by atoms with Gasteiger partial charge in [0.15, 0.2) is 0 Å². The molecule has 3 fully saturated rings. The van der Waals surface area contributed by atoms with E-state index in [4.69, 9.17) is 4.74 Å². The number of hydrogen-bond donors (Lipinski definition) is 0. The Balaban J connectivity index is 1.68. The molecule has 7 heteroatoms. The molecule has 2 saturated heterocycles. The zero-order valence-corrected chi connectivity index (χ0v) is 11.1. The molecule has 102 valence electrons. The number of morpholine rings is 1. The van der Waals surface area contributed by atoms with Crippen LogP contribution in [0.5, 0.6) is 0 Å². The van der Waals surface area contributed by atoms with Crippen molar-refractivity contribution in [1.82, 2.24) is 9.21 Å². The normalized spacial score (nSPS) is 29.7. The van der Waals surface area contributed by atoms with Crippen molar-refractivity contribution in [3.63, 3.8) is 0 Å². The molecule has 0 aromatic heterocycles. The Bertz CT molecular complexity index is 458. The molecule has 0 bridgehead atoms. The van der Waals surface area contributed by atoms with E-state index in [1.165, 1.54) is 4.31 Å². The van der Waals surface area contributed by atoms with E-state index < -0.39 is 10.0 Å². The fourth-order valence-corrected chi connectivity index (χ4v) is 4.25. The van der Waals surface area contributed by atoms with Gasteiger partial charge in [0.1, 0.15) is 0 Å². The van der Waals surface area contributed by atoms with E-state index in [2.05, 4.69) is 0 Å². The second-order valence-corrected chi connectivity index (χ2v) is 7.41. The van der Waals surface area contributed by atoms with E-state index in [0.29, 0.717) is 32.7 Å². The van der Waals surface area contributed by atoms with Crippen molar-refractivity contribution in [2.45, 2.75) is 24.8 Å². The van der Waals surface area contributed by atoms with Crippen LogP contribution in [0.25, 0.3) is 0 Å². The number of carbonyl (C=O) groups excluding carboxylic acids is 1. The number of amides is 1.